The van der Waals surface area contributed by atoms with E-state index in [2.05, 4.69) is 20.3 Å². The van der Waals surface area contributed by atoms with Gasteiger partial charge in [-0.25, -0.2) is 15.0 Å². The highest BCUT2D eigenvalue weighted by atomic mass is 16.6. The number of hydrogen-bond acceptors (Lipinski definition) is 7. The largest absolute Gasteiger partial charge is 0.485 e. The van der Waals surface area contributed by atoms with E-state index in [1.165, 1.54) is 6.33 Å². The monoisotopic (exact) mass is 415 g/mol. The van der Waals surface area contributed by atoms with Crippen LogP contribution in [0.25, 0.3) is 5.82 Å². The number of carbonyl (C=O) groups is 1. The molecule has 1 N–H and O–H groups in total. The first kappa shape index (κ1) is 18.6. The number of nitrogens with zero attached hydrogens (tertiary/aromatic N) is 4. The van der Waals surface area contributed by atoms with E-state index in [9.17, 15) is 4.79 Å². The second-order valence-electron chi connectivity index (χ2n) is 6.66. The third-order valence-corrected chi connectivity index (χ3v) is 4.54. The number of anilines is 1. The van der Waals surface area contributed by atoms with E-state index in [0.29, 0.717) is 34.6 Å². The smallest absolute Gasteiger partial charge is 0.269 e. The average Bonchev–Trinajstić information content (AvgIpc) is 3.35. The maximum Gasteiger partial charge on any atom is 0.269 e. The van der Waals surface area contributed by atoms with E-state index in [1.54, 1.807) is 65.8 Å². The molecule has 1 aliphatic rings. The Kier molecular flexibility index (Phi) is 4.89. The summed E-state index contributed by atoms with van der Waals surface area (Å²) < 4.78 is 18.9. The molecule has 31 heavy (non-hydrogen) atoms. The highest BCUT2D eigenvalue weighted by Gasteiger charge is 2.27. The van der Waals surface area contributed by atoms with Crippen LogP contribution in [0.2, 0.25) is 0 Å². The summed E-state index contributed by atoms with van der Waals surface area (Å²) in [7, 11) is 0. The van der Waals surface area contributed by atoms with Gasteiger partial charge in [-0.2, -0.15) is 0 Å². The predicted molar refractivity (Wildman–Crippen MR) is 111 cm³/mol. The maximum absolute atomic E-state index is 12.5. The molecule has 1 aliphatic heterocycles. The molecule has 0 radical (unpaired) electrons. The van der Waals surface area contributed by atoms with Crippen molar-refractivity contribution in [3.63, 3.8) is 0 Å². The summed E-state index contributed by atoms with van der Waals surface area (Å²) in [6, 6.07) is 15.9. The van der Waals surface area contributed by atoms with Crippen LogP contribution in [0.15, 0.2) is 79.6 Å². The van der Waals surface area contributed by atoms with Crippen LogP contribution in [-0.4, -0.2) is 38.1 Å². The Morgan fingerprint density at radius 3 is 2.74 bits per heavy atom. The Morgan fingerprint density at radius 1 is 1.10 bits per heavy atom. The van der Waals surface area contributed by atoms with Crippen molar-refractivity contribution in [3.05, 3.63) is 79.6 Å². The Labute approximate surface area is 177 Å². The van der Waals surface area contributed by atoms with Gasteiger partial charge in [0.1, 0.15) is 30.8 Å². The number of hydrogen-bond donors (Lipinski definition) is 1. The van der Waals surface area contributed by atoms with Crippen molar-refractivity contribution in [2.24, 2.45) is 0 Å². The Balaban J connectivity index is 1.22. The Hall–Kier alpha value is -4.40. The van der Waals surface area contributed by atoms with Crippen LogP contribution in [0, 0.1) is 0 Å². The molecule has 0 saturated carbocycles. The minimum absolute atomic E-state index is 0.150. The van der Waals surface area contributed by atoms with Crippen molar-refractivity contribution in [2.45, 2.75) is 6.10 Å². The van der Waals surface area contributed by atoms with E-state index in [4.69, 9.17) is 14.2 Å². The number of rotatable bonds is 5. The zero-order valence-electron chi connectivity index (χ0n) is 16.2. The fourth-order valence-electron chi connectivity index (χ4n) is 3.02. The number of benzene rings is 2. The van der Waals surface area contributed by atoms with Gasteiger partial charge in [-0.1, -0.05) is 12.1 Å². The van der Waals surface area contributed by atoms with E-state index in [0.717, 1.165) is 0 Å². The van der Waals surface area contributed by atoms with Crippen LogP contribution in [0.1, 0.15) is 0 Å². The third kappa shape index (κ3) is 4.15. The molecule has 3 heterocycles. The van der Waals surface area contributed by atoms with Crippen LogP contribution in [0.4, 0.5) is 5.69 Å². The molecular formula is C22H17N5O4. The zero-order valence-corrected chi connectivity index (χ0v) is 16.2. The van der Waals surface area contributed by atoms with Gasteiger partial charge >= 0.3 is 0 Å². The van der Waals surface area contributed by atoms with E-state index < -0.39 is 6.10 Å². The summed E-state index contributed by atoms with van der Waals surface area (Å²) >= 11 is 0. The fourth-order valence-corrected chi connectivity index (χ4v) is 3.02. The number of nitrogens with one attached hydrogen (secondary N) is 1. The van der Waals surface area contributed by atoms with Gasteiger partial charge in [-0.15, -0.1) is 0 Å². The number of ether oxygens (including phenoxy) is 3. The summed E-state index contributed by atoms with van der Waals surface area (Å²) in [4.78, 5) is 24.9. The van der Waals surface area contributed by atoms with Gasteiger partial charge in [0, 0.05) is 24.1 Å². The minimum atomic E-state index is -0.728. The van der Waals surface area contributed by atoms with Crippen LogP contribution < -0.4 is 19.5 Å². The summed E-state index contributed by atoms with van der Waals surface area (Å²) in [6.07, 6.45) is 5.78. The first-order chi connectivity index (χ1) is 15.2. The third-order valence-electron chi connectivity index (χ3n) is 4.54. The molecule has 1 unspecified atom stereocenters. The lowest BCUT2D eigenvalue weighted by molar-refractivity contribution is -0.125. The standard InChI is InChI=1S/C22H17N5O4/c28-22(19-12-29-17-3-1-2-4-18(17)31-19)26-15-5-7-16(8-6-15)30-21-11-20(24-13-25-21)27-10-9-23-14-27/h1-11,13-14,19H,12H2,(H,26,28). The molecule has 9 nitrogen and oxygen atoms in total. The van der Waals surface area contributed by atoms with Crippen LogP contribution >= 0.6 is 0 Å². The maximum atomic E-state index is 12.5. The molecule has 0 fully saturated rings. The first-order valence-corrected chi connectivity index (χ1v) is 9.52. The van der Waals surface area contributed by atoms with Crippen LogP contribution in [0.5, 0.6) is 23.1 Å². The second kappa shape index (κ2) is 8.15. The van der Waals surface area contributed by atoms with Crippen LogP contribution in [0.3, 0.4) is 0 Å². The number of imidazole rings is 1. The molecule has 1 amide bonds. The van der Waals surface area contributed by atoms with Gasteiger partial charge in [0.15, 0.2) is 11.5 Å². The van der Waals surface area contributed by atoms with Crippen molar-refractivity contribution < 1.29 is 19.0 Å². The zero-order chi connectivity index (χ0) is 21.0. The van der Waals surface area contributed by atoms with Crippen molar-refractivity contribution in [1.82, 2.24) is 19.5 Å². The molecular weight excluding hydrogens is 398 g/mol. The van der Waals surface area contributed by atoms with Gasteiger partial charge in [0.2, 0.25) is 12.0 Å². The fraction of sp³-hybridized carbons (Fsp3) is 0.0909. The van der Waals surface area contributed by atoms with Gasteiger partial charge in [-0.05, 0) is 36.4 Å². The first-order valence-electron chi connectivity index (χ1n) is 9.52. The van der Waals surface area contributed by atoms with Gasteiger partial charge < -0.3 is 19.5 Å². The topological polar surface area (TPSA) is 100 Å². The molecule has 0 saturated heterocycles. The summed E-state index contributed by atoms with van der Waals surface area (Å²) in [5.41, 5.74) is 0.613. The van der Waals surface area contributed by atoms with Crippen LogP contribution in [-0.2, 0) is 4.79 Å². The highest BCUT2D eigenvalue weighted by Crippen LogP contribution is 2.31. The number of carbonyl (C=O) groups excluding carboxylic acids is 1. The molecule has 1 atom stereocenters. The summed E-state index contributed by atoms with van der Waals surface area (Å²) in [5, 5.41) is 2.83. The van der Waals surface area contributed by atoms with Gasteiger partial charge in [0.05, 0.1) is 0 Å². The van der Waals surface area contributed by atoms with E-state index in [1.807, 2.05) is 12.1 Å². The van der Waals surface area contributed by atoms with E-state index in [-0.39, 0.29) is 12.5 Å². The SMILES string of the molecule is O=C(Nc1ccc(Oc2cc(-n3ccnc3)ncn2)cc1)C1COc2ccccc2O1. The number of aromatic nitrogens is 4. The molecule has 0 bridgehead atoms. The number of para-hydroxylation sites is 2. The number of amides is 1. The molecule has 2 aromatic heterocycles. The minimum Gasteiger partial charge on any atom is -0.485 e. The highest BCUT2D eigenvalue weighted by molar-refractivity contribution is 5.94. The van der Waals surface area contributed by atoms with E-state index >= 15 is 0 Å². The molecule has 5 rings (SSSR count). The number of fused-ring (bicyclic) bond motifs is 1. The second-order valence-corrected chi connectivity index (χ2v) is 6.66. The summed E-state index contributed by atoms with van der Waals surface area (Å²) in [5.74, 6) is 2.50. The molecule has 0 spiro atoms. The lowest BCUT2D eigenvalue weighted by atomic mass is 10.2. The molecule has 4 aromatic rings. The van der Waals surface area contributed by atoms with Crippen molar-refractivity contribution >= 4 is 11.6 Å². The quantitative estimate of drug-likeness (QED) is 0.534. The Bertz CT molecular complexity index is 1190. The summed E-state index contributed by atoms with van der Waals surface area (Å²) in [6.45, 7) is 0.150. The molecule has 9 heteroatoms. The van der Waals surface area contributed by atoms with Gasteiger partial charge in [0.25, 0.3) is 5.91 Å². The predicted octanol–water partition coefficient (Wildman–Crippen LogP) is 3.23. The normalized spacial score (nSPS) is 14.6. The molecule has 2 aromatic carbocycles. The lowest BCUT2D eigenvalue weighted by Gasteiger charge is -2.25. The Morgan fingerprint density at radius 2 is 1.94 bits per heavy atom. The lowest BCUT2D eigenvalue weighted by Crippen LogP contribution is -2.40. The van der Waals surface area contributed by atoms with Crippen molar-refractivity contribution in [3.8, 4) is 28.9 Å². The van der Waals surface area contributed by atoms with Crippen molar-refractivity contribution in [2.75, 3.05) is 11.9 Å². The molecule has 0 aliphatic carbocycles. The molecule has 154 valence electrons. The average molecular weight is 415 g/mol. The van der Waals surface area contributed by atoms with Gasteiger partial charge in [-0.3, -0.25) is 9.36 Å². The van der Waals surface area contributed by atoms with Crippen molar-refractivity contribution in [1.29, 1.82) is 0 Å².